The largest absolute Gasteiger partial charge is 0.484 e. The number of benzene rings is 2. The van der Waals surface area contributed by atoms with E-state index in [2.05, 4.69) is 5.32 Å². The smallest absolute Gasteiger partial charge is 0.329 e. The predicted octanol–water partition coefficient (Wildman–Crippen LogP) is 1.78. The number of nitrogens with zero attached hydrogens (tertiary/aromatic N) is 1. The molecule has 0 bridgehead atoms. The van der Waals surface area contributed by atoms with Gasteiger partial charge in [-0.15, -0.1) is 0 Å². The lowest BCUT2D eigenvalue weighted by Gasteiger charge is -2.11. The second-order valence-electron chi connectivity index (χ2n) is 5.83. The van der Waals surface area contributed by atoms with Crippen LogP contribution in [0.5, 0.6) is 5.75 Å². The molecule has 0 aliphatic carbocycles. The van der Waals surface area contributed by atoms with Gasteiger partial charge in [0.1, 0.15) is 17.3 Å². The van der Waals surface area contributed by atoms with Gasteiger partial charge in [0.05, 0.1) is 6.54 Å². The van der Waals surface area contributed by atoms with Crippen LogP contribution in [0.1, 0.15) is 11.1 Å². The SMILES string of the molecule is NC(=O)COc1ccc(/C=C2/NC(=O)N(Cc3ccc(F)cc3)C2=O)cc1. The molecule has 0 spiro atoms. The molecule has 3 rings (SSSR count). The first-order chi connectivity index (χ1) is 12.9. The molecular formula is C19H16FN3O4. The predicted molar refractivity (Wildman–Crippen MR) is 94.6 cm³/mol. The Morgan fingerprint density at radius 2 is 1.78 bits per heavy atom. The molecule has 0 aromatic heterocycles. The molecule has 1 fully saturated rings. The first-order valence-electron chi connectivity index (χ1n) is 8.02. The van der Waals surface area contributed by atoms with E-state index in [1.54, 1.807) is 24.3 Å². The van der Waals surface area contributed by atoms with Gasteiger partial charge >= 0.3 is 6.03 Å². The number of halogens is 1. The Labute approximate surface area is 154 Å². The number of nitrogens with one attached hydrogen (secondary N) is 1. The Morgan fingerprint density at radius 3 is 2.41 bits per heavy atom. The summed E-state index contributed by atoms with van der Waals surface area (Å²) in [6, 6.07) is 11.6. The van der Waals surface area contributed by atoms with E-state index in [4.69, 9.17) is 10.5 Å². The summed E-state index contributed by atoms with van der Waals surface area (Å²) in [6.45, 7) is -0.185. The van der Waals surface area contributed by atoms with E-state index in [1.165, 1.54) is 30.3 Å². The Morgan fingerprint density at radius 1 is 1.11 bits per heavy atom. The van der Waals surface area contributed by atoms with E-state index in [0.29, 0.717) is 16.9 Å². The van der Waals surface area contributed by atoms with Gasteiger partial charge in [0.25, 0.3) is 11.8 Å². The van der Waals surface area contributed by atoms with Crippen LogP contribution < -0.4 is 15.8 Å². The standard InChI is InChI=1S/C19H16FN3O4/c20-14-5-1-13(2-6-14)10-23-18(25)16(22-19(23)26)9-12-3-7-15(8-4-12)27-11-17(21)24/h1-9H,10-11H2,(H2,21,24)(H,22,26)/b16-9+. The minimum Gasteiger partial charge on any atom is -0.484 e. The van der Waals surface area contributed by atoms with Crippen molar-refractivity contribution in [3.63, 3.8) is 0 Å². The summed E-state index contributed by atoms with van der Waals surface area (Å²) in [5.74, 6) is -0.990. The van der Waals surface area contributed by atoms with Gasteiger partial charge in [-0.2, -0.15) is 0 Å². The van der Waals surface area contributed by atoms with Crippen LogP contribution in [0, 0.1) is 5.82 Å². The molecule has 4 amide bonds. The molecule has 1 aliphatic heterocycles. The van der Waals surface area contributed by atoms with Crippen molar-refractivity contribution in [3.05, 3.63) is 71.2 Å². The van der Waals surface area contributed by atoms with Crippen LogP contribution in [0.15, 0.2) is 54.2 Å². The highest BCUT2D eigenvalue weighted by Crippen LogP contribution is 2.19. The monoisotopic (exact) mass is 369 g/mol. The molecule has 0 unspecified atom stereocenters. The molecule has 1 saturated heterocycles. The summed E-state index contributed by atoms with van der Waals surface area (Å²) in [5, 5.41) is 2.52. The van der Waals surface area contributed by atoms with Gasteiger partial charge in [-0.1, -0.05) is 24.3 Å². The maximum atomic E-state index is 13.0. The summed E-state index contributed by atoms with van der Waals surface area (Å²) in [6.07, 6.45) is 1.53. The molecular weight excluding hydrogens is 353 g/mol. The number of rotatable bonds is 6. The van der Waals surface area contributed by atoms with Gasteiger partial charge in [0.2, 0.25) is 0 Å². The fourth-order valence-corrected chi connectivity index (χ4v) is 2.47. The molecule has 7 nitrogen and oxygen atoms in total. The van der Waals surface area contributed by atoms with Crippen molar-refractivity contribution in [2.45, 2.75) is 6.54 Å². The molecule has 0 atom stereocenters. The van der Waals surface area contributed by atoms with Gasteiger partial charge in [0, 0.05) is 0 Å². The Bertz CT molecular complexity index is 908. The molecule has 1 aliphatic rings. The third kappa shape index (κ3) is 4.49. The Hall–Kier alpha value is -3.68. The number of imide groups is 1. The number of carbonyl (C=O) groups excluding carboxylic acids is 3. The van der Waals surface area contributed by atoms with Crippen molar-refractivity contribution in [2.75, 3.05) is 6.61 Å². The number of urea groups is 1. The number of hydrogen-bond acceptors (Lipinski definition) is 4. The molecule has 2 aromatic carbocycles. The summed E-state index contributed by atoms with van der Waals surface area (Å²) in [5.41, 5.74) is 6.44. The van der Waals surface area contributed by atoms with Crippen LogP contribution in [0.3, 0.4) is 0 Å². The topological polar surface area (TPSA) is 102 Å². The molecule has 8 heteroatoms. The zero-order valence-electron chi connectivity index (χ0n) is 14.1. The van der Waals surface area contributed by atoms with E-state index < -0.39 is 17.8 Å². The number of hydrogen-bond donors (Lipinski definition) is 2. The third-order valence-electron chi connectivity index (χ3n) is 3.79. The van der Waals surface area contributed by atoms with Gasteiger partial charge in [0.15, 0.2) is 6.61 Å². The second-order valence-corrected chi connectivity index (χ2v) is 5.83. The van der Waals surface area contributed by atoms with E-state index in [9.17, 15) is 18.8 Å². The number of primary amides is 1. The zero-order chi connectivity index (χ0) is 19.4. The van der Waals surface area contributed by atoms with E-state index in [-0.39, 0.29) is 24.7 Å². The summed E-state index contributed by atoms with van der Waals surface area (Å²) in [7, 11) is 0. The zero-order valence-corrected chi connectivity index (χ0v) is 14.1. The Kier molecular flexibility index (Phi) is 5.16. The van der Waals surface area contributed by atoms with Crippen LogP contribution in [-0.4, -0.2) is 29.4 Å². The van der Waals surface area contributed by atoms with Crippen molar-refractivity contribution in [3.8, 4) is 5.75 Å². The maximum Gasteiger partial charge on any atom is 0.329 e. The van der Waals surface area contributed by atoms with E-state index in [1.807, 2.05) is 0 Å². The van der Waals surface area contributed by atoms with Crippen molar-refractivity contribution < 1.29 is 23.5 Å². The number of ether oxygens (including phenoxy) is 1. The maximum absolute atomic E-state index is 13.0. The van der Waals surface area contributed by atoms with Crippen LogP contribution >= 0.6 is 0 Å². The van der Waals surface area contributed by atoms with Crippen molar-refractivity contribution >= 4 is 23.9 Å². The average molecular weight is 369 g/mol. The molecule has 3 N–H and O–H groups in total. The highest BCUT2D eigenvalue weighted by atomic mass is 19.1. The quantitative estimate of drug-likeness (QED) is 0.599. The van der Waals surface area contributed by atoms with E-state index in [0.717, 1.165) is 4.90 Å². The highest BCUT2D eigenvalue weighted by molar-refractivity contribution is 6.13. The van der Waals surface area contributed by atoms with Crippen LogP contribution in [0.4, 0.5) is 9.18 Å². The second kappa shape index (κ2) is 7.69. The fourth-order valence-electron chi connectivity index (χ4n) is 2.47. The van der Waals surface area contributed by atoms with Crippen molar-refractivity contribution in [1.29, 1.82) is 0 Å². The van der Waals surface area contributed by atoms with Gasteiger partial charge < -0.3 is 15.8 Å². The molecule has 27 heavy (non-hydrogen) atoms. The summed E-state index contributed by atoms with van der Waals surface area (Å²) >= 11 is 0. The van der Waals surface area contributed by atoms with Gasteiger partial charge in [-0.3, -0.25) is 14.5 Å². The minimum atomic E-state index is -0.582. The Balaban J connectivity index is 1.70. The minimum absolute atomic E-state index is 0.0438. The lowest BCUT2D eigenvalue weighted by molar-refractivity contribution is -0.123. The van der Waals surface area contributed by atoms with Crippen LogP contribution in [-0.2, 0) is 16.1 Å². The molecule has 0 radical (unpaired) electrons. The van der Waals surface area contributed by atoms with Gasteiger partial charge in [-0.25, -0.2) is 9.18 Å². The van der Waals surface area contributed by atoms with Crippen molar-refractivity contribution in [2.24, 2.45) is 5.73 Å². The highest BCUT2D eigenvalue weighted by Gasteiger charge is 2.33. The van der Waals surface area contributed by atoms with Crippen molar-refractivity contribution in [1.82, 2.24) is 10.2 Å². The summed E-state index contributed by atoms with van der Waals surface area (Å²) < 4.78 is 18.1. The number of amides is 4. The third-order valence-corrected chi connectivity index (χ3v) is 3.79. The molecule has 2 aromatic rings. The van der Waals surface area contributed by atoms with Crippen LogP contribution in [0.2, 0.25) is 0 Å². The lowest BCUT2D eigenvalue weighted by Crippen LogP contribution is -2.30. The fraction of sp³-hybridized carbons (Fsp3) is 0.105. The lowest BCUT2D eigenvalue weighted by atomic mass is 10.1. The van der Waals surface area contributed by atoms with Crippen LogP contribution in [0.25, 0.3) is 6.08 Å². The molecule has 0 saturated carbocycles. The number of nitrogens with two attached hydrogens (primary N) is 1. The first kappa shape index (κ1) is 18.1. The molecule has 1 heterocycles. The van der Waals surface area contributed by atoms with Gasteiger partial charge in [-0.05, 0) is 41.5 Å². The number of carbonyl (C=O) groups is 3. The molecule has 138 valence electrons. The van der Waals surface area contributed by atoms with E-state index >= 15 is 0 Å². The average Bonchev–Trinajstić information content (AvgIpc) is 2.90. The summed E-state index contributed by atoms with van der Waals surface area (Å²) in [4.78, 5) is 36.3. The first-order valence-corrected chi connectivity index (χ1v) is 8.02. The normalized spacial score (nSPS) is 15.1.